The highest BCUT2D eigenvalue weighted by Gasteiger charge is 2.25. The molecule has 0 rings (SSSR count). The van der Waals surface area contributed by atoms with Crippen LogP contribution in [0.15, 0.2) is 0 Å². The fraction of sp³-hybridized carbons (Fsp3) is 0.786. The van der Waals surface area contributed by atoms with Crippen LogP contribution < -0.4 is 16.4 Å². The van der Waals surface area contributed by atoms with Crippen LogP contribution in [0, 0.1) is 5.92 Å². The van der Waals surface area contributed by atoms with Gasteiger partial charge in [0, 0.05) is 24.4 Å². The van der Waals surface area contributed by atoms with Crippen molar-refractivity contribution in [1.82, 2.24) is 10.6 Å². The summed E-state index contributed by atoms with van der Waals surface area (Å²) in [6, 6.07) is -1.75. The average molecular weight is 301 g/mol. The zero-order valence-electron chi connectivity index (χ0n) is 13.4. The van der Waals surface area contributed by atoms with E-state index in [2.05, 4.69) is 10.6 Å². The molecule has 2 unspecified atom stereocenters. The molecule has 0 aromatic carbocycles. The van der Waals surface area contributed by atoms with E-state index in [1.54, 1.807) is 13.8 Å². The Labute approximate surface area is 125 Å². The van der Waals surface area contributed by atoms with Gasteiger partial charge in [0.2, 0.25) is 5.91 Å². The fourth-order valence-corrected chi connectivity index (χ4v) is 1.74. The molecule has 0 aliphatic heterocycles. The lowest BCUT2D eigenvalue weighted by Crippen LogP contribution is -2.53. The average Bonchev–Trinajstić information content (AvgIpc) is 2.31. The molecule has 2 atom stereocenters. The second-order valence-electron chi connectivity index (χ2n) is 6.46. The molecule has 7 heteroatoms. The molecular formula is C14H27N3O4. The summed E-state index contributed by atoms with van der Waals surface area (Å²) in [5.41, 5.74) is 5.25. The van der Waals surface area contributed by atoms with Crippen molar-refractivity contribution in [3.63, 3.8) is 0 Å². The van der Waals surface area contributed by atoms with Gasteiger partial charge in [-0.1, -0.05) is 13.8 Å². The summed E-state index contributed by atoms with van der Waals surface area (Å²) in [4.78, 5) is 34.4. The van der Waals surface area contributed by atoms with Gasteiger partial charge < -0.3 is 16.2 Å². The third-order valence-electron chi connectivity index (χ3n) is 2.75. The monoisotopic (exact) mass is 301 g/mol. The number of aliphatic carboxylic acids is 1. The van der Waals surface area contributed by atoms with Crippen molar-refractivity contribution in [3.05, 3.63) is 0 Å². The highest BCUT2D eigenvalue weighted by Crippen LogP contribution is 2.03. The minimum absolute atomic E-state index is 0.0615. The number of Topliss-reactive ketones (excluding diaryl/α,β-unsaturated/α-hetero) is 1. The third-order valence-corrected chi connectivity index (χ3v) is 2.75. The first-order chi connectivity index (χ1) is 9.44. The molecule has 0 aromatic heterocycles. The van der Waals surface area contributed by atoms with Crippen LogP contribution in [0.3, 0.4) is 0 Å². The molecule has 0 bridgehead atoms. The summed E-state index contributed by atoms with van der Waals surface area (Å²) in [6.45, 7) is 8.88. The second kappa shape index (κ2) is 8.09. The summed E-state index contributed by atoms with van der Waals surface area (Å²) in [5, 5.41) is 14.5. The van der Waals surface area contributed by atoms with Crippen molar-refractivity contribution in [1.29, 1.82) is 0 Å². The zero-order chi connectivity index (χ0) is 16.8. The van der Waals surface area contributed by atoms with Gasteiger partial charge in [-0.15, -0.1) is 0 Å². The molecule has 21 heavy (non-hydrogen) atoms. The van der Waals surface area contributed by atoms with Gasteiger partial charge in [-0.3, -0.25) is 19.7 Å². The summed E-state index contributed by atoms with van der Waals surface area (Å²) in [5.74, 6) is -1.90. The van der Waals surface area contributed by atoms with Crippen molar-refractivity contribution >= 4 is 17.7 Å². The quantitative estimate of drug-likeness (QED) is 0.496. The lowest BCUT2D eigenvalue weighted by atomic mass is 10.00. The first-order valence-corrected chi connectivity index (χ1v) is 7.00. The van der Waals surface area contributed by atoms with E-state index in [1.807, 2.05) is 20.8 Å². The van der Waals surface area contributed by atoms with E-state index in [4.69, 9.17) is 10.8 Å². The van der Waals surface area contributed by atoms with Gasteiger partial charge in [0.1, 0.15) is 6.04 Å². The maximum absolute atomic E-state index is 11.7. The molecule has 0 spiro atoms. The molecule has 5 N–H and O–H groups in total. The van der Waals surface area contributed by atoms with Crippen LogP contribution in [0.4, 0.5) is 0 Å². The number of amides is 1. The minimum atomic E-state index is -1.05. The Morgan fingerprint density at radius 2 is 1.71 bits per heavy atom. The van der Waals surface area contributed by atoms with Gasteiger partial charge in [0.05, 0.1) is 6.04 Å². The van der Waals surface area contributed by atoms with Crippen LogP contribution in [-0.4, -0.2) is 46.9 Å². The Balaban J connectivity index is 4.38. The van der Waals surface area contributed by atoms with Gasteiger partial charge in [-0.2, -0.15) is 0 Å². The molecule has 1 amide bonds. The first-order valence-electron chi connectivity index (χ1n) is 7.00. The Morgan fingerprint density at radius 3 is 2.10 bits per heavy atom. The SMILES string of the molecule is CC(C)C(=O)C(N)CC(=O)NCC(NC(C)(C)C)C(=O)O. The number of carboxylic acids is 1. The summed E-state index contributed by atoms with van der Waals surface area (Å²) in [6.07, 6.45) is -0.140. The predicted octanol–water partition coefficient (Wildman–Crippen LogP) is -0.114. The molecule has 0 saturated carbocycles. The van der Waals surface area contributed by atoms with E-state index in [0.717, 1.165) is 0 Å². The smallest absolute Gasteiger partial charge is 0.322 e. The Bertz CT molecular complexity index is 388. The number of hydrogen-bond donors (Lipinski definition) is 4. The molecular weight excluding hydrogens is 274 g/mol. The Hall–Kier alpha value is -1.47. The summed E-state index contributed by atoms with van der Waals surface area (Å²) in [7, 11) is 0. The van der Waals surface area contributed by atoms with Crippen LogP contribution in [0.5, 0.6) is 0 Å². The molecule has 0 aliphatic rings. The maximum Gasteiger partial charge on any atom is 0.322 e. The summed E-state index contributed by atoms with van der Waals surface area (Å²) >= 11 is 0. The second-order valence-corrected chi connectivity index (χ2v) is 6.46. The van der Waals surface area contributed by atoms with E-state index in [0.29, 0.717) is 0 Å². The molecule has 7 nitrogen and oxygen atoms in total. The van der Waals surface area contributed by atoms with Crippen LogP contribution in [0.25, 0.3) is 0 Å². The molecule has 0 radical (unpaired) electrons. The highest BCUT2D eigenvalue weighted by atomic mass is 16.4. The van der Waals surface area contributed by atoms with E-state index in [9.17, 15) is 14.4 Å². The third kappa shape index (κ3) is 8.41. The van der Waals surface area contributed by atoms with Gasteiger partial charge in [0.25, 0.3) is 0 Å². The minimum Gasteiger partial charge on any atom is -0.480 e. The Kier molecular flexibility index (Phi) is 7.52. The molecule has 0 aliphatic carbocycles. The van der Waals surface area contributed by atoms with Crippen molar-refractivity contribution in [2.24, 2.45) is 11.7 Å². The van der Waals surface area contributed by atoms with Crippen molar-refractivity contribution in [3.8, 4) is 0 Å². The van der Waals surface area contributed by atoms with Gasteiger partial charge in [0.15, 0.2) is 5.78 Å². The number of carbonyl (C=O) groups is 3. The van der Waals surface area contributed by atoms with E-state index < -0.39 is 29.5 Å². The van der Waals surface area contributed by atoms with E-state index in [1.165, 1.54) is 0 Å². The maximum atomic E-state index is 11.7. The van der Waals surface area contributed by atoms with Crippen LogP contribution in [-0.2, 0) is 14.4 Å². The number of nitrogens with one attached hydrogen (secondary N) is 2. The standard InChI is InChI=1S/C14H27N3O4/c1-8(2)12(19)9(15)6-11(18)16-7-10(13(20)21)17-14(3,4)5/h8-10,17H,6-7,15H2,1-5H3,(H,16,18)(H,20,21). The van der Waals surface area contributed by atoms with Crippen LogP contribution in [0.1, 0.15) is 41.0 Å². The highest BCUT2D eigenvalue weighted by molar-refractivity contribution is 5.90. The topological polar surface area (TPSA) is 122 Å². The fourth-order valence-electron chi connectivity index (χ4n) is 1.74. The van der Waals surface area contributed by atoms with Crippen molar-refractivity contribution in [2.75, 3.05) is 6.54 Å². The molecule has 0 heterocycles. The number of ketones is 1. The number of nitrogens with two attached hydrogens (primary N) is 1. The molecule has 0 fully saturated rings. The number of rotatable bonds is 8. The van der Waals surface area contributed by atoms with E-state index in [-0.39, 0.29) is 24.7 Å². The lowest BCUT2D eigenvalue weighted by Gasteiger charge is -2.26. The zero-order valence-corrected chi connectivity index (χ0v) is 13.4. The van der Waals surface area contributed by atoms with Crippen LogP contribution >= 0.6 is 0 Å². The lowest BCUT2D eigenvalue weighted by molar-refractivity contribution is -0.140. The van der Waals surface area contributed by atoms with Crippen LogP contribution in [0.2, 0.25) is 0 Å². The number of hydrogen-bond acceptors (Lipinski definition) is 5. The van der Waals surface area contributed by atoms with Gasteiger partial charge in [-0.05, 0) is 20.8 Å². The van der Waals surface area contributed by atoms with Crippen molar-refractivity contribution in [2.45, 2.75) is 58.7 Å². The van der Waals surface area contributed by atoms with Gasteiger partial charge in [-0.25, -0.2) is 0 Å². The van der Waals surface area contributed by atoms with Crippen molar-refractivity contribution < 1.29 is 19.5 Å². The predicted molar refractivity (Wildman–Crippen MR) is 79.8 cm³/mol. The number of carbonyl (C=O) groups excluding carboxylic acids is 2. The molecule has 0 saturated heterocycles. The Morgan fingerprint density at radius 1 is 1.19 bits per heavy atom. The largest absolute Gasteiger partial charge is 0.480 e. The first kappa shape index (κ1) is 19.5. The summed E-state index contributed by atoms with van der Waals surface area (Å²) < 4.78 is 0. The molecule has 122 valence electrons. The van der Waals surface area contributed by atoms with Gasteiger partial charge >= 0.3 is 5.97 Å². The normalized spacial score (nSPS) is 14.6. The van der Waals surface area contributed by atoms with E-state index >= 15 is 0 Å². The number of carboxylic acid groups (broad SMARTS) is 1. The molecule has 0 aromatic rings.